The van der Waals surface area contributed by atoms with Crippen molar-refractivity contribution in [2.24, 2.45) is 22.7 Å². The van der Waals surface area contributed by atoms with E-state index in [1.54, 1.807) is 32.9 Å². The van der Waals surface area contributed by atoms with E-state index >= 15 is 9.59 Å². The lowest BCUT2D eigenvalue weighted by atomic mass is 9.52. The van der Waals surface area contributed by atoms with Crippen LogP contribution in [-0.2, 0) is 60.7 Å². The number of hydroxylamine groups is 2. The third-order valence-corrected chi connectivity index (χ3v) is 18.1. The number of aliphatic hydroxyl groups is 1. The number of hydrogen-bond donors (Lipinski definition) is 2. The Morgan fingerprint density at radius 3 is 2.29 bits per heavy atom. The number of fused-ring (bicyclic) bond motifs is 6. The van der Waals surface area contributed by atoms with E-state index in [2.05, 4.69) is 64.2 Å². The first-order chi connectivity index (χ1) is 35.7. The Morgan fingerprint density at radius 1 is 0.920 bits per heavy atom. The first-order valence-electron chi connectivity index (χ1n) is 28.6. The van der Waals surface area contributed by atoms with Crippen LogP contribution in [0.4, 0.5) is 0 Å². The molecular weight excluding hydrogens is 951 g/mol. The van der Waals surface area contributed by atoms with Crippen molar-refractivity contribution in [2.75, 3.05) is 13.7 Å². The number of esters is 2. The first-order valence-corrected chi connectivity index (χ1v) is 28.6. The summed E-state index contributed by atoms with van der Waals surface area (Å²) in [6, 6.07) is 14.7. The number of carbonyl (C=O) groups is 4. The van der Waals surface area contributed by atoms with E-state index in [1.807, 2.05) is 36.4 Å². The van der Waals surface area contributed by atoms with Gasteiger partial charge in [0.1, 0.15) is 41.5 Å². The topological polar surface area (TPSA) is 166 Å². The van der Waals surface area contributed by atoms with E-state index in [4.69, 9.17) is 28.5 Å². The van der Waals surface area contributed by atoms with Gasteiger partial charge in [0.05, 0.1) is 30.9 Å². The van der Waals surface area contributed by atoms with Gasteiger partial charge in [0.25, 0.3) is 0 Å². The maximum absolute atomic E-state index is 16.2. The summed E-state index contributed by atoms with van der Waals surface area (Å²) >= 11 is 0. The number of ether oxygens (including phenoxy) is 5. The smallest absolute Gasteiger partial charge is 0.327 e. The van der Waals surface area contributed by atoms with Gasteiger partial charge in [-0.25, -0.2) is 0 Å². The highest BCUT2D eigenvalue weighted by Gasteiger charge is 2.77. The molecule has 7 aliphatic rings. The Morgan fingerprint density at radius 2 is 1.61 bits per heavy atom. The minimum Gasteiger partial charge on any atom is -0.460 e. The van der Waals surface area contributed by atoms with Crippen molar-refractivity contribution in [1.82, 2.24) is 15.3 Å². The lowest BCUT2D eigenvalue weighted by Gasteiger charge is -2.53. The summed E-state index contributed by atoms with van der Waals surface area (Å²) in [6.45, 7) is 16.5. The van der Waals surface area contributed by atoms with Crippen molar-refractivity contribution in [2.45, 2.75) is 237 Å². The van der Waals surface area contributed by atoms with Crippen LogP contribution in [0.25, 0.3) is 6.08 Å². The highest BCUT2D eigenvalue weighted by Crippen LogP contribution is 2.61. The summed E-state index contributed by atoms with van der Waals surface area (Å²) < 4.78 is 32.7. The van der Waals surface area contributed by atoms with Crippen LogP contribution in [0.2, 0.25) is 0 Å². The first kappa shape index (κ1) is 55.6. The number of aliphatic hydroxyl groups excluding tert-OH is 1. The molecule has 2 N–H and O–H groups in total. The molecule has 12 atom stereocenters. The van der Waals surface area contributed by atoms with Gasteiger partial charge in [-0.1, -0.05) is 120 Å². The number of likely N-dealkylation sites (N-methyl/N-ethyl adjacent to an activating group) is 1. The molecule has 2 amide bonds. The molecule has 2 aromatic rings. The number of allylic oxidation sites excluding steroid dienone is 1. The molecule has 3 aliphatic carbocycles. The fourth-order valence-electron chi connectivity index (χ4n) is 14.0. The minimum atomic E-state index is -1.54. The molecule has 0 aromatic heterocycles. The average Bonchev–Trinajstić information content (AvgIpc) is 3.80. The van der Waals surface area contributed by atoms with Crippen LogP contribution in [0.15, 0.2) is 60.2 Å². The molecule has 3 saturated carbocycles. The Bertz CT molecular complexity index is 2390. The highest BCUT2D eigenvalue weighted by atomic mass is 16.8. The SMILES string of the molecule is CCCCCC1(CCCCC)O[C@@H]2[C@H](O1)[C@H]1ON(Cc3ccccc3C=C3CCC4O[C@]4(C)CC[C@@H]4[C@@H]3CC4(C)C)[C@@H]3C(=O)O[C@@H]2C[C@]13C(=O)N(C)[C@H](Cc1ccccc1)C(=O)N[C@H](CO)CCC(=O)OC(C)(C)C. The number of benzene rings is 2. The molecule has 14 heteroatoms. The number of hydrogen-bond acceptors (Lipinski definition) is 12. The molecule has 9 rings (SSSR count). The number of nitrogens with zero attached hydrogens (tertiary/aromatic N) is 2. The van der Waals surface area contributed by atoms with E-state index in [9.17, 15) is 14.7 Å². The zero-order valence-corrected chi connectivity index (χ0v) is 46.4. The van der Waals surface area contributed by atoms with Crippen LogP contribution in [-0.4, -0.2) is 118 Å². The summed E-state index contributed by atoms with van der Waals surface area (Å²) in [6.07, 6.45) is 12.2. The van der Waals surface area contributed by atoms with Crippen molar-refractivity contribution >= 4 is 29.8 Å². The molecule has 2 aromatic carbocycles. The van der Waals surface area contributed by atoms with Crippen molar-refractivity contribution < 1.29 is 52.8 Å². The Hall–Kier alpha value is -4.18. The molecule has 0 spiro atoms. The van der Waals surface area contributed by atoms with Crippen molar-refractivity contribution in [1.29, 1.82) is 0 Å². The van der Waals surface area contributed by atoms with Crippen LogP contribution in [0.5, 0.6) is 0 Å². The maximum atomic E-state index is 16.2. The molecule has 75 heavy (non-hydrogen) atoms. The average molecular weight is 1040 g/mol. The molecule has 4 heterocycles. The Labute approximate surface area is 446 Å². The molecule has 412 valence electrons. The molecule has 14 nitrogen and oxygen atoms in total. The van der Waals surface area contributed by atoms with E-state index in [0.29, 0.717) is 24.7 Å². The fraction of sp³-hybridized carbons (Fsp3) is 0.705. The molecule has 1 unspecified atom stereocenters. The normalized spacial score (nSPS) is 32.5. The standard InChI is InChI=1S/C61H87N3O11/c1-10-12-19-30-60(31-20-13-11-2)73-50-47-36-61(56(69)63(9)46(33-39-21-15-14-16-22-39)54(67)62-43(38-65)26-28-49(66)72-57(3,4)5)52(55(68)70-47)64(75-53(61)51(50)74-60)37-42-24-18-17-23-40(42)34-41-25-27-48-59(8,71-48)32-29-45-44(41)35-58(45,6)7/h14-18,21-24,34,43-48,50-53,65H,10-13,19-20,25-33,35-38H2,1-9H3,(H,62,67)/t43-,44+,45+,46+,47+,48?,50-,51-,52+,53+,59+,61+/m0/s1. The van der Waals surface area contributed by atoms with E-state index < -0.39 is 89.7 Å². The number of rotatable bonds is 21. The molecular formula is C61H87N3O11. The van der Waals surface area contributed by atoms with Gasteiger partial charge in [0.15, 0.2) is 11.8 Å². The predicted octanol–water partition coefficient (Wildman–Crippen LogP) is 9.57. The van der Waals surface area contributed by atoms with Gasteiger partial charge in [-0.05, 0) is 113 Å². The number of epoxide rings is 1. The number of amides is 2. The van der Waals surface area contributed by atoms with E-state index in [1.165, 1.54) is 10.5 Å². The van der Waals surface area contributed by atoms with Gasteiger partial charge in [-0.2, -0.15) is 5.06 Å². The van der Waals surface area contributed by atoms with Crippen LogP contribution >= 0.6 is 0 Å². The van der Waals surface area contributed by atoms with E-state index in [-0.39, 0.29) is 49.3 Å². The zero-order valence-electron chi connectivity index (χ0n) is 46.4. The lowest BCUT2D eigenvalue weighted by Crippen LogP contribution is -2.70. The third-order valence-electron chi connectivity index (χ3n) is 18.1. The largest absolute Gasteiger partial charge is 0.460 e. The number of carbonyl (C=O) groups excluding carboxylic acids is 4. The lowest BCUT2D eigenvalue weighted by molar-refractivity contribution is -0.225. The molecule has 4 aliphatic heterocycles. The van der Waals surface area contributed by atoms with Gasteiger partial charge in [-0.3, -0.25) is 24.0 Å². The van der Waals surface area contributed by atoms with Crippen LogP contribution in [0, 0.1) is 22.7 Å². The van der Waals surface area contributed by atoms with Gasteiger partial charge >= 0.3 is 11.9 Å². The van der Waals surface area contributed by atoms with E-state index in [0.717, 1.165) is 87.3 Å². The monoisotopic (exact) mass is 1040 g/mol. The highest BCUT2D eigenvalue weighted by molar-refractivity contribution is 5.96. The van der Waals surface area contributed by atoms with Crippen LogP contribution in [0.1, 0.15) is 175 Å². The van der Waals surface area contributed by atoms with Gasteiger partial charge < -0.3 is 39.0 Å². The summed E-state index contributed by atoms with van der Waals surface area (Å²) in [5.74, 6) is -1.86. The van der Waals surface area contributed by atoms with Crippen molar-refractivity contribution in [3.63, 3.8) is 0 Å². The molecule has 7 fully saturated rings. The van der Waals surface area contributed by atoms with Crippen LogP contribution < -0.4 is 5.32 Å². The number of unbranched alkanes of at least 4 members (excludes halogenated alkanes) is 4. The number of nitrogens with one attached hydrogen (secondary N) is 1. The zero-order chi connectivity index (χ0) is 53.5. The minimum absolute atomic E-state index is 0.0263. The molecule has 4 saturated heterocycles. The van der Waals surface area contributed by atoms with Gasteiger partial charge in [0, 0.05) is 39.2 Å². The summed E-state index contributed by atoms with van der Waals surface area (Å²) in [5.41, 5.74) is 2.23. The summed E-state index contributed by atoms with van der Waals surface area (Å²) in [5, 5.41) is 15.2. The van der Waals surface area contributed by atoms with Crippen molar-refractivity contribution in [3.05, 3.63) is 76.9 Å². The van der Waals surface area contributed by atoms with Gasteiger partial charge in [-0.15, -0.1) is 0 Å². The Kier molecular flexibility index (Phi) is 16.5. The molecule has 0 radical (unpaired) electrons. The third kappa shape index (κ3) is 11.5. The van der Waals surface area contributed by atoms with Crippen LogP contribution in [0.3, 0.4) is 0 Å². The molecule has 2 bridgehead atoms. The second kappa shape index (κ2) is 22.3. The summed E-state index contributed by atoms with van der Waals surface area (Å²) in [4.78, 5) is 67.6. The van der Waals surface area contributed by atoms with Gasteiger partial charge in [0.2, 0.25) is 11.8 Å². The summed E-state index contributed by atoms with van der Waals surface area (Å²) in [7, 11) is 1.62. The maximum Gasteiger partial charge on any atom is 0.327 e. The second-order valence-corrected chi connectivity index (χ2v) is 25.2. The fourth-order valence-corrected chi connectivity index (χ4v) is 14.0. The predicted molar refractivity (Wildman–Crippen MR) is 284 cm³/mol. The van der Waals surface area contributed by atoms with Crippen molar-refractivity contribution in [3.8, 4) is 0 Å². The quantitative estimate of drug-likeness (QED) is 0.0692. The Balaban J connectivity index is 1.07. The second-order valence-electron chi connectivity index (χ2n) is 25.2.